The van der Waals surface area contributed by atoms with Gasteiger partial charge in [0, 0.05) is 17.3 Å². The van der Waals surface area contributed by atoms with Crippen LogP contribution < -0.4 is 19.1 Å². The first-order chi connectivity index (χ1) is 16.9. The highest BCUT2D eigenvalue weighted by Gasteiger charge is 2.31. The third-order valence-electron chi connectivity index (χ3n) is 5.27. The molecule has 0 bridgehead atoms. The molecule has 0 spiro atoms. The molecular weight excluding hydrogens is 466 g/mol. The van der Waals surface area contributed by atoms with Crippen molar-refractivity contribution in [1.82, 2.24) is 4.98 Å². The minimum absolute atomic E-state index is 0.0790. The maximum atomic E-state index is 14.0. The normalized spacial score (nSPS) is 11.1. The number of carbonyl (C=O) groups is 1. The van der Waals surface area contributed by atoms with Gasteiger partial charge in [0.2, 0.25) is 11.8 Å². The fourth-order valence-electron chi connectivity index (χ4n) is 3.70. The van der Waals surface area contributed by atoms with Crippen molar-refractivity contribution in [3.8, 4) is 11.6 Å². The summed E-state index contributed by atoms with van der Waals surface area (Å²) in [5.74, 6) is 0.236. The van der Waals surface area contributed by atoms with Gasteiger partial charge in [-0.25, -0.2) is 13.4 Å². The largest absolute Gasteiger partial charge is 0.494 e. The highest BCUT2D eigenvalue weighted by atomic mass is 32.2. The molecule has 0 aliphatic heterocycles. The zero-order chi connectivity index (χ0) is 24.8. The van der Waals surface area contributed by atoms with E-state index in [0.29, 0.717) is 23.4 Å². The summed E-state index contributed by atoms with van der Waals surface area (Å²) < 4.78 is 39.7. The molecule has 180 valence electrons. The van der Waals surface area contributed by atoms with Crippen molar-refractivity contribution in [3.63, 3.8) is 0 Å². The first kappa shape index (κ1) is 24.0. The lowest BCUT2D eigenvalue weighted by molar-refractivity contribution is -0.114. The molecule has 4 aromatic rings. The standard InChI is InChI=1S/C26H25N3O5S/c1-3-34-21-15-13-20(14-16-21)28-25(30)18-29(23-11-7-17-27-26(23)33-2)35(31,32)24-12-6-9-19-8-4-5-10-22(19)24/h4-17H,3,18H2,1-2H3,(H,28,30). The quantitative estimate of drug-likeness (QED) is 0.371. The summed E-state index contributed by atoms with van der Waals surface area (Å²) in [6, 6.07) is 22.2. The van der Waals surface area contributed by atoms with Crippen molar-refractivity contribution in [2.24, 2.45) is 0 Å². The fourth-order valence-corrected chi connectivity index (χ4v) is 5.34. The predicted molar refractivity (Wildman–Crippen MR) is 136 cm³/mol. The molecule has 0 saturated heterocycles. The fraction of sp³-hybridized carbons (Fsp3) is 0.154. The number of pyridine rings is 1. The van der Waals surface area contributed by atoms with Crippen LogP contribution in [-0.4, -0.2) is 39.6 Å². The Kier molecular flexibility index (Phi) is 7.17. The van der Waals surface area contributed by atoms with Crippen molar-refractivity contribution in [2.75, 3.05) is 29.9 Å². The monoisotopic (exact) mass is 491 g/mol. The SMILES string of the molecule is CCOc1ccc(NC(=O)CN(c2cccnc2OC)S(=O)(=O)c2cccc3ccccc23)cc1. The molecule has 0 atom stereocenters. The van der Waals surface area contributed by atoms with Crippen LogP contribution >= 0.6 is 0 Å². The molecule has 4 rings (SSSR count). The van der Waals surface area contributed by atoms with Crippen molar-refractivity contribution < 1.29 is 22.7 Å². The number of rotatable bonds is 9. The average Bonchev–Trinajstić information content (AvgIpc) is 2.88. The number of ether oxygens (including phenoxy) is 2. The molecule has 0 unspecified atom stereocenters. The number of anilines is 2. The Balaban J connectivity index is 1.72. The van der Waals surface area contributed by atoms with Crippen LogP contribution in [0.25, 0.3) is 10.8 Å². The highest BCUT2D eigenvalue weighted by Crippen LogP contribution is 2.33. The summed E-state index contributed by atoms with van der Waals surface area (Å²) in [6.07, 6.45) is 1.49. The van der Waals surface area contributed by atoms with Gasteiger partial charge in [-0.1, -0.05) is 36.4 Å². The lowest BCUT2D eigenvalue weighted by atomic mass is 10.1. The molecule has 0 aliphatic carbocycles. The van der Waals surface area contributed by atoms with Crippen LogP contribution in [0.1, 0.15) is 6.92 Å². The molecular formula is C26H25N3O5S. The van der Waals surface area contributed by atoms with Gasteiger partial charge >= 0.3 is 0 Å². The van der Waals surface area contributed by atoms with E-state index >= 15 is 0 Å². The molecule has 35 heavy (non-hydrogen) atoms. The number of nitrogens with zero attached hydrogens (tertiary/aromatic N) is 2. The number of amides is 1. The minimum atomic E-state index is -4.18. The van der Waals surface area contributed by atoms with Crippen molar-refractivity contribution in [2.45, 2.75) is 11.8 Å². The third-order valence-corrected chi connectivity index (χ3v) is 7.08. The molecule has 0 fully saturated rings. The number of hydrogen-bond donors (Lipinski definition) is 1. The Morgan fingerprint density at radius 2 is 1.71 bits per heavy atom. The van der Waals surface area contributed by atoms with Gasteiger partial charge in [0.15, 0.2) is 0 Å². The molecule has 1 amide bonds. The van der Waals surface area contributed by atoms with Crippen LogP contribution in [0.3, 0.4) is 0 Å². The Labute approximate surface area is 204 Å². The second kappa shape index (κ2) is 10.4. The first-order valence-electron chi connectivity index (χ1n) is 11.0. The number of aromatic nitrogens is 1. The van der Waals surface area contributed by atoms with Crippen molar-refractivity contribution in [1.29, 1.82) is 0 Å². The van der Waals surface area contributed by atoms with Crippen LogP contribution in [0.2, 0.25) is 0 Å². The number of carbonyl (C=O) groups excluding carboxylic acids is 1. The summed E-state index contributed by atoms with van der Waals surface area (Å²) in [6.45, 7) is 1.92. The van der Waals surface area contributed by atoms with Gasteiger partial charge < -0.3 is 14.8 Å². The summed E-state index contributed by atoms with van der Waals surface area (Å²) in [5, 5.41) is 4.07. The molecule has 9 heteroatoms. The van der Waals surface area contributed by atoms with Gasteiger partial charge in [0.1, 0.15) is 18.0 Å². The molecule has 1 N–H and O–H groups in total. The third kappa shape index (κ3) is 5.20. The minimum Gasteiger partial charge on any atom is -0.494 e. The first-order valence-corrected chi connectivity index (χ1v) is 12.4. The maximum absolute atomic E-state index is 14.0. The van der Waals surface area contributed by atoms with Gasteiger partial charge in [0.25, 0.3) is 10.0 Å². The van der Waals surface area contributed by atoms with Crippen LogP contribution in [0.15, 0.2) is 90.0 Å². The zero-order valence-electron chi connectivity index (χ0n) is 19.3. The topological polar surface area (TPSA) is 97.8 Å². The molecule has 0 saturated carbocycles. The molecule has 1 aromatic heterocycles. The number of hydrogen-bond acceptors (Lipinski definition) is 6. The van der Waals surface area contributed by atoms with E-state index in [0.717, 1.165) is 9.69 Å². The second-order valence-corrected chi connectivity index (χ2v) is 9.36. The number of methoxy groups -OCH3 is 1. The Bertz CT molecular complexity index is 1430. The summed E-state index contributed by atoms with van der Waals surface area (Å²) >= 11 is 0. The Morgan fingerprint density at radius 3 is 2.46 bits per heavy atom. The summed E-state index contributed by atoms with van der Waals surface area (Å²) in [7, 11) is -2.78. The number of benzene rings is 3. The van der Waals surface area contributed by atoms with Crippen LogP contribution in [0.4, 0.5) is 11.4 Å². The van der Waals surface area contributed by atoms with Crippen LogP contribution in [0.5, 0.6) is 11.6 Å². The smallest absolute Gasteiger partial charge is 0.265 e. The lowest BCUT2D eigenvalue weighted by Gasteiger charge is -2.25. The number of nitrogens with one attached hydrogen (secondary N) is 1. The number of fused-ring (bicyclic) bond motifs is 1. The Morgan fingerprint density at radius 1 is 0.971 bits per heavy atom. The van der Waals surface area contributed by atoms with Crippen LogP contribution in [-0.2, 0) is 14.8 Å². The van der Waals surface area contributed by atoms with Gasteiger partial charge in [0.05, 0.1) is 18.6 Å². The van der Waals surface area contributed by atoms with E-state index in [4.69, 9.17) is 9.47 Å². The molecule has 0 aliphatic rings. The van der Waals surface area contributed by atoms with Crippen molar-refractivity contribution >= 4 is 38.1 Å². The van der Waals surface area contributed by atoms with E-state index in [2.05, 4.69) is 10.3 Å². The number of sulfonamides is 1. The van der Waals surface area contributed by atoms with Gasteiger partial charge in [-0.3, -0.25) is 9.10 Å². The van der Waals surface area contributed by atoms with E-state index in [1.165, 1.54) is 19.4 Å². The van der Waals surface area contributed by atoms with E-state index < -0.39 is 22.5 Å². The zero-order valence-corrected chi connectivity index (χ0v) is 20.2. The second-order valence-electron chi connectivity index (χ2n) is 7.53. The van der Waals surface area contributed by atoms with E-state index in [9.17, 15) is 13.2 Å². The lowest BCUT2D eigenvalue weighted by Crippen LogP contribution is -2.38. The van der Waals surface area contributed by atoms with Gasteiger partial charge in [-0.2, -0.15) is 0 Å². The van der Waals surface area contributed by atoms with Crippen LogP contribution in [0, 0.1) is 0 Å². The maximum Gasteiger partial charge on any atom is 0.265 e. The van der Waals surface area contributed by atoms with E-state index in [1.54, 1.807) is 54.6 Å². The molecule has 8 nitrogen and oxygen atoms in total. The molecule has 1 heterocycles. The van der Waals surface area contributed by atoms with Gasteiger partial charge in [-0.15, -0.1) is 0 Å². The average molecular weight is 492 g/mol. The van der Waals surface area contributed by atoms with E-state index in [-0.39, 0.29) is 16.5 Å². The molecule has 3 aromatic carbocycles. The van der Waals surface area contributed by atoms with Crippen molar-refractivity contribution in [3.05, 3.63) is 85.1 Å². The highest BCUT2D eigenvalue weighted by molar-refractivity contribution is 7.93. The predicted octanol–water partition coefficient (Wildman–Crippen LogP) is 4.48. The molecule has 0 radical (unpaired) electrons. The van der Waals surface area contributed by atoms with Gasteiger partial charge in [-0.05, 0) is 54.8 Å². The summed E-state index contributed by atoms with van der Waals surface area (Å²) in [5.41, 5.74) is 0.670. The Hall–Kier alpha value is -4.11. The van der Waals surface area contributed by atoms with E-state index in [1.807, 2.05) is 25.1 Å². The summed E-state index contributed by atoms with van der Waals surface area (Å²) in [4.78, 5) is 17.2.